The van der Waals surface area contributed by atoms with Crippen LogP contribution in [-0.2, 0) is 16.4 Å². The summed E-state index contributed by atoms with van der Waals surface area (Å²) < 4.78 is 27.7. The van der Waals surface area contributed by atoms with Crippen LogP contribution in [0.15, 0.2) is 29.4 Å². The van der Waals surface area contributed by atoms with Crippen LogP contribution in [0.4, 0.5) is 5.95 Å². The Morgan fingerprint density at radius 2 is 2.05 bits per heavy atom. The summed E-state index contributed by atoms with van der Waals surface area (Å²) in [5.74, 6) is 0.926. The number of sulfone groups is 1. The van der Waals surface area contributed by atoms with Gasteiger partial charge in [0.25, 0.3) is 0 Å². The lowest BCUT2D eigenvalue weighted by molar-refractivity contribution is 0.397. The van der Waals surface area contributed by atoms with Crippen molar-refractivity contribution in [2.45, 2.75) is 18.5 Å². The van der Waals surface area contributed by atoms with Crippen molar-refractivity contribution in [3.63, 3.8) is 0 Å². The van der Waals surface area contributed by atoms with Crippen molar-refractivity contribution < 1.29 is 13.2 Å². The first-order chi connectivity index (χ1) is 9.88. The number of aryl methyl sites for hydroxylation is 1. The number of pyridine rings is 1. The maximum atomic E-state index is 11.3. The predicted molar refractivity (Wildman–Crippen MR) is 78.0 cm³/mol. The van der Waals surface area contributed by atoms with Crippen LogP contribution >= 0.6 is 0 Å². The number of hydrogen-bond acceptors (Lipinski definition) is 7. The molecular formula is C13H16N4O3S. The number of rotatable bonds is 5. The van der Waals surface area contributed by atoms with E-state index in [1.165, 1.54) is 12.3 Å². The summed E-state index contributed by atoms with van der Waals surface area (Å²) in [7, 11) is -1.73. The molecule has 0 saturated carbocycles. The monoisotopic (exact) mass is 308 g/mol. The molecule has 2 rings (SSSR count). The van der Waals surface area contributed by atoms with Crippen LogP contribution in [0.5, 0.6) is 5.88 Å². The highest BCUT2D eigenvalue weighted by atomic mass is 32.2. The number of anilines is 1. The quantitative estimate of drug-likeness (QED) is 0.887. The topological polar surface area (TPSA) is 94.1 Å². The normalized spacial score (nSPS) is 11.2. The molecule has 21 heavy (non-hydrogen) atoms. The lowest BCUT2D eigenvalue weighted by Gasteiger charge is -2.07. The van der Waals surface area contributed by atoms with Gasteiger partial charge in [-0.2, -0.15) is 4.98 Å². The highest BCUT2D eigenvalue weighted by Crippen LogP contribution is 2.12. The minimum atomic E-state index is -3.27. The molecule has 112 valence electrons. The molecule has 0 bridgehead atoms. The third-order valence-electron chi connectivity index (χ3n) is 2.67. The van der Waals surface area contributed by atoms with Crippen LogP contribution in [0.25, 0.3) is 0 Å². The van der Waals surface area contributed by atoms with Gasteiger partial charge in [0.2, 0.25) is 11.8 Å². The Hall–Kier alpha value is -2.22. The Morgan fingerprint density at radius 3 is 2.62 bits per heavy atom. The zero-order valence-electron chi connectivity index (χ0n) is 12.0. The van der Waals surface area contributed by atoms with Crippen molar-refractivity contribution in [1.82, 2.24) is 15.0 Å². The smallest absolute Gasteiger partial charge is 0.226 e. The predicted octanol–water partition coefficient (Wildman–Crippen LogP) is 1.20. The summed E-state index contributed by atoms with van der Waals surface area (Å²) in [6, 6.07) is 4.90. The van der Waals surface area contributed by atoms with E-state index < -0.39 is 9.84 Å². The van der Waals surface area contributed by atoms with E-state index in [0.29, 0.717) is 18.4 Å². The van der Waals surface area contributed by atoms with Gasteiger partial charge in [-0.3, -0.25) is 0 Å². The summed E-state index contributed by atoms with van der Waals surface area (Å²) in [6.07, 6.45) is 2.64. The van der Waals surface area contributed by atoms with E-state index in [-0.39, 0.29) is 5.03 Å². The van der Waals surface area contributed by atoms with Crippen molar-refractivity contribution in [3.05, 3.63) is 35.7 Å². The second-order valence-corrected chi connectivity index (χ2v) is 6.47. The first-order valence-corrected chi connectivity index (χ1v) is 8.06. The van der Waals surface area contributed by atoms with Gasteiger partial charge in [0.1, 0.15) is 0 Å². The van der Waals surface area contributed by atoms with Gasteiger partial charge in [0, 0.05) is 30.8 Å². The lowest BCUT2D eigenvalue weighted by atomic mass is 10.3. The van der Waals surface area contributed by atoms with Gasteiger partial charge in [-0.1, -0.05) is 6.07 Å². The Labute approximate surface area is 123 Å². The van der Waals surface area contributed by atoms with Gasteiger partial charge in [-0.25, -0.2) is 18.4 Å². The number of ether oxygens (including phenoxy) is 1. The molecule has 2 aromatic rings. The van der Waals surface area contributed by atoms with Crippen molar-refractivity contribution in [1.29, 1.82) is 0 Å². The fourth-order valence-electron chi connectivity index (χ4n) is 1.64. The third-order valence-corrected chi connectivity index (χ3v) is 3.67. The second kappa shape index (κ2) is 6.04. The molecule has 2 aromatic heterocycles. The number of nitrogens with one attached hydrogen (secondary N) is 1. The lowest BCUT2D eigenvalue weighted by Crippen LogP contribution is -2.06. The van der Waals surface area contributed by atoms with Crippen molar-refractivity contribution >= 4 is 15.8 Å². The first-order valence-electron chi connectivity index (χ1n) is 6.17. The first kappa shape index (κ1) is 15.2. The Kier molecular flexibility index (Phi) is 4.37. The number of nitrogens with zero attached hydrogens (tertiary/aromatic N) is 3. The van der Waals surface area contributed by atoms with E-state index in [1.807, 2.05) is 6.92 Å². The van der Waals surface area contributed by atoms with E-state index in [4.69, 9.17) is 4.74 Å². The standard InChI is InChI=1S/C13H16N4O3S/c1-9-6-11(20-2)17-13(16-9)15-8-10-4-5-12(14-7-10)21(3,18)19/h4-7H,8H2,1-3H3,(H,15,16,17). The van der Waals surface area contributed by atoms with Gasteiger partial charge in [-0.05, 0) is 18.6 Å². The fourth-order valence-corrected chi connectivity index (χ4v) is 2.20. The van der Waals surface area contributed by atoms with E-state index in [9.17, 15) is 8.42 Å². The minimum absolute atomic E-state index is 0.0553. The molecule has 2 heterocycles. The summed E-state index contributed by atoms with van der Waals surface area (Å²) in [6.45, 7) is 2.28. The Morgan fingerprint density at radius 1 is 1.29 bits per heavy atom. The van der Waals surface area contributed by atoms with Gasteiger partial charge < -0.3 is 10.1 Å². The van der Waals surface area contributed by atoms with E-state index in [2.05, 4.69) is 20.3 Å². The average Bonchev–Trinajstić information content (AvgIpc) is 2.44. The Bertz CT molecular complexity index is 730. The zero-order valence-corrected chi connectivity index (χ0v) is 12.8. The molecule has 0 atom stereocenters. The van der Waals surface area contributed by atoms with Gasteiger partial charge >= 0.3 is 0 Å². The fraction of sp³-hybridized carbons (Fsp3) is 0.308. The maximum Gasteiger partial charge on any atom is 0.226 e. The zero-order chi connectivity index (χ0) is 15.5. The highest BCUT2D eigenvalue weighted by molar-refractivity contribution is 7.90. The number of methoxy groups -OCH3 is 1. The molecular weight excluding hydrogens is 292 g/mol. The van der Waals surface area contributed by atoms with Crippen LogP contribution in [0.2, 0.25) is 0 Å². The average molecular weight is 308 g/mol. The van der Waals surface area contributed by atoms with Crippen LogP contribution < -0.4 is 10.1 Å². The van der Waals surface area contributed by atoms with Crippen LogP contribution in [-0.4, -0.2) is 36.7 Å². The molecule has 0 aliphatic heterocycles. The molecule has 7 nitrogen and oxygen atoms in total. The van der Waals surface area contributed by atoms with Crippen LogP contribution in [0.1, 0.15) is 11.3 Å². The molecule has 0 saturated heterocycles. The van der Waals surface area contributed by atoms with E-state index in [1.54, 1.807) is 19.2 Å². The highest BCUT2D eigenvalue weighted by Gasteiger charge is 2.08. The molecule has 8 heteroatoms. The summed E-state index contributed by atoms with van der Waals surface area (Å²) in [5.41, 5.74) is 1.61. The minimum Gasteiger partial charge on any atom is -0.481 e. The second-order valence-electron chi connectivity index (χ2n) is 4.51. The molecule has 0 unspecified atom stereocenters. The number of hydrogen-bond donors (Lipinski definition) is 1. The van der Waals surface area contributed by atoms with Gasteiger partial charge in [-0.15, -0.1) is 0 Å². The van der Waals surface area contributed by atoms with E-state index in [0.717, 1.165) is 17.5 Å². The molecule has 0 spiro atoms. The van der Waals surface area contributed by atoms with Crippen molar-refractivity contribution in [2.24, 2.45) is 0 Å². The third kappa shape index (κ3) is 4.12. The molecule has 0 aliphatic rings. The van der Waals surface area contributed by atoms with Crippen molar-refractivity contribution in [3.8, 4) is 5.88 Å². The molecule has 1 N–H and O–H groups in total. The summed E-state index contributed by atoms with van der Waals surface area (Å²) in [4.78, 5) is 12.3. The number of aromatic nitrogens is 3. The summed E-state index contributed by atoms with van der Waals surface area (Å²) >= 11 is 0. The summed E-state index contributed by atoms with van der Waals surface area (Å²) in [5, 5.41) is 3.10. The molecule has 0 radical (unpaired) electrons. The SMILES string of the molecule is COc1cc(C)nc(NCc2ccc(S(C)(=O)=O)nc2)n1. The van der Waals surface area contributed by atoms with Gasteiger partial charge in [0.15, 0.2) is 14.9 Å². The Balaban J connectivity index is 2.08. The van der Waals surface area contributed by atoms with Crippen molar-refractivity contribution in [2.75, 3.05) is 18.7 Å². The molecule has 0 aliphatic carbocycles. The van der Waals surface area contributed by atoms with E-state index >= 15 is 0 Å². The molecule has 0 amide bonds. The molecule has 0 aromatic carbocycles. The molecule has 0 fully saturated rings. The van der Waals surface area contributed by atoms with Crippen LogP contribution in [0, 0.1) is 6.92 Å². The van der Waals surface area contributed by atoms with Crippen LogP contribution in [0.3, 0.4) is 0 Å². The largest absolute Gasteiger partial charge is 0.481 e. The maximum absolute atomic E-state index is 11.3. The van der Waals surface area contributed by atoms with Gasteiger partial charge in [0.05, 0.1) is 7.11 Å².